The highest BCUT2D eigenvalue weighted by Gasteiger charge is 2.07. The van der Waals surface area contributed by atoms with E-state index in [1.54, 1.807) is 0 Å². The Morgan fingerprint density at radius 2 is 1.17 bits per heavy atom. The summed E-state index contributed by atoms with van der Waals surface area (Å²) in [5.41, 5.74) is 0.491. The van der Waals surface area contributed by atoms with Crippen LogP contribution < -0.4 is 4.74 Å². The molecule has 0 radical (unpaired) electrons. The van der Waals surface area contributed by atoms with Gasteiger partial charge in [-0.1, -0.05) is 46.4 Å². The smallest absolute Gasteiger partial charge is 0.153 e. The molecule has 0 aromatic heterocycles. The summed E-state index contributed by atoms with van der Waals surface area (Å²) in [6.07, 6.45) is 1.16. The third kappa shape index (κ3) is 5.29. The first-order valence-electron chi connectivity index (χ1n) is 5.95. The second kappa shape index (κ2) is 8.99. The number of phenolic OH excluding ortho intramolecular Hbond substituents is 1. The van der Waals surface area contributed by atoms with Crippen LogP contribution in [-0.4, -0.2) is 24.8 Å². The topological polar surface area (TPSA) is 63.6 Å². The number of carbonyl (C=O) groups excluding carboxylic acids is 2. The van der Waals surface area contributed by atoms with Gasteiger partial charge in [-0.15, -0.1) is 0 Å². The minimum atomic E-state index is -0.0504. The molecule has 1 N–H and O–H groups in total. The molecule has 0 saturated heterocycles. The predicted molar refractivity (Wildman–Crippen MR) is 91.9 cm³/mol. The van der Waals surface area contributed by atoms with Gasteiger partial charge >= 0.3 is 0 Å². The molecule has 0 fully saturated rings. The highest BCUT2D eigenvalue weighted by atomic mass is 35.5. The van der Waals surface area contributed by atoms with Gasteiger partial charge in [0.05, 0.1) is 38.3 Å². The van der Waals surface area contributed by atoms with Crippen molar-refractivity contribution in [2.24, 2.45) is 0 Å². The van der Waals surface area contributed by atoms with E-state index in [1.165, 1.54) is 31.4 Å². The number of rotatable bonds is 3. The summed E-state index contributed by atoms with van der Waals surface area (Å²) in [5, 5.41) is 9.84. The van der Waals surface area contributed by atoms with Crippen molar-refractivity contribution >= 4 is 59.0 Å². The highest BCUT2D eigenvalue weighted by molar-refractivity contribution is 6.39. The zero-order valence-corrected chi connectivity index (χ0v) is 14.7. The van der Waals surface area contributed by atoms with Gasteiger partial charge in [-0.25, -0.2) is 0 Å². The number of carbonyl (C=O) groups is 2. The van der Waals surface area contributed by atoms with E-state index in [2.05, 4.69) is 0 Å². The Morgan fingerprint density at radius 1 is 0.826 bits per heavy atom. The second-order valence-corrected chi connectivity index (χ2v) is 5.69. The van der Waals surface area contributed by atoms with Crippen LogP contribution in [0.5, 0.6) is 11.5 Å². The monoisotopic (exact) mass is 394 g/mol. The highest BCUT2D eigenvalue weighted by Crippen LogP contribution is 2.29. The summed E-state index contributed by atoms with van der Waals surface area (Å²) >= 11 is 22.6. The van der Waals surface area contributed by atoms with Crippen LogP contribution in [0.2, 0.25) is 20.1 Å². The summed E-state index contributed by atoms with van der Waals surface area (Å²) in [4.78, 5) is 20.7. The molecule has 2 rings (SSSR count). The molecular formula is C15H10Cl4O4. The Bertz CT molecular complexity index is 685. The van der Waals surface area contributed by atoms with E-state index in [0.29, 0.717) is 33.9 Å². The maximum atomic E-state index is 10.4. The van der Waals surface area contributed by atoms with Gasteiger partial charge in [0.25, 0.3) is 0 Å². The number of methoxy groups -OCH3 is 1. The minimum absolute atomic E-state index is 0.0504. The maximum absolute atomic E-state index is 10.4. The SMILES string of the molecule is COc1cc(Cl)c(C=O)c(Cl)c1.O=Cc1c(Cl)cc(O)cc1Cl. The van der Waals surface area contributed by atoms with Crippen molar-refractivity contribution in [2.75, 3.05) is 7.11 Å². The molecule has 122 valence electrons. The van der Waals surface area contributed by atoms with E-state index < -0.39 is 0 Å². The van der Waals surface area contributed by atoms with E-state index in [-0.39, 0.29) is 21.4 Å². The lowest BCUT2D eigenvalue weighted by Crippen LogP contribution is -1.88. The summed E-state index contributed by atoms with van der Waals surface area (Å²) in [7, 11) is 1.50. The molecule has 0 atom stereocenters. The molecule has 0 aliphatic rings. The number of aromatic hydroxyl groups is 1. The van der Waals surface area contributed by atoms with E-state index >= 15 is 0 Å². The summed E-state index contributed by atoms with van der Waals surface area (Å²) in [6.45, 7) is 0. The third-order valence-electron chi connectivity index (χ3n) is 2.59. The molecule has 0 heterocycles. The molecule has 2 aromatic carbocycles. The Morgan fingerprint density at radius 3 is 1.48 bits per heavy atom. The number of hydrogen-bond acceptors (Lipinski definition) is 4. The van der Waals surface area contributed by atoms with Gasteiger partial charge in [0.1, 0.15) is 11.5 Å². The average Bonchev–Trinajstić information content (AvgIpc) is 2.47. The van der Waals surface area contributed by atoms with E-state index in [9.17, 15) is 9.59 Å². The van der Waals surface area contributed by atoms with E-state index in [0.717, 1.165) is 0 Å². The molecule has 0 aliphatic carbocycles. The van der Waals surface area contributed by atoms with Crippen LogP contribution in [0.3, 0.4) is 0 Å². The lowest BCUT2D eigenvalue weighted by atomic mass is 10.2. The van der Waals surface area contributed by atoms with Crippen LogP contribution >= 0.6 is 46.4 Å². The van der Waals surface area contributed by atoms with E-state index in [1.807, 2.05) is 0 Å². The molecule has 8 heteroatoms. The second-order valence-electron chi connectivity index (χ2n) is 4.06. The minimum Gasteiger partial charge on any atom is -0.508 e. The van der Waals surface area contributed by atoms with Crippen LogP contribution in [0.4, 0.5) is 0 Å². The quantitative estimate of drug-likeness (QED) is 0.713. The van der Waals surface area contributed by atoms with Crippen molar-refractivity contribution in [3.63, 3.8) is 0 Å². The Kier molecular flexibility index (Phi) is 7.65. The van der Waals surface area contributed by atoms with Crippen molar-refractivity contribution in [1.29, 1.82) is 0 Å². The van der Waals surface area contributed by atoms with Gasteiger partial charge in [-0.05, 0) is 24.3 Å². The number of phenols is 1. The van der Waals surface area contributed by atoms with Crippen LogP contribution in [0.15, 0.2) is 24.3 Å². The molecule has 0 amide bonds. The number of hydrogen-bond donors (Lipinski definition) is 1. The number of halogens is 4. The standard InChI is InChI=1S/C8H6Cl2O2.C7H4Cl2O2/c1-12-5-2-7(9)6(4-11)8(10)3-5;8-6-1-4(11)2-7(9)5(6)3-10/h2-4H,1H3;1-3,11H. The average molecular weight is 396 g/mol. The number of ether oxygens (including phenoxy) is 1. The normalized spacial score (nSPS) is 9.61. The fourth-order valence-electron chi connectivity index (χ4n) is 1.47. The fourth-order valence-corrected chi connectivity index (χ4v) is 2.60. The molecule has 0 spiro atoms. The number of benzene rings is 2. The summed E-state index contributed by atoms with van der Waals surface area (Å²) < 4.78 is 4.89. The Labute approximate surface area is 152 Å². The summed E-state index contributed by atoms with van der Waals surface area (Å²) in [5.74, 6) is 0.487. The Hall–Kier alpha value is -1.46. The van der Waals surface area contributed by atoms with Crippen LogP contribution in [0.25, 0.3) is 0 Å². The molecule has 0 saturated carbocycles. The van der Waals surface area contributed by atoms with Gasteiger partial charge in [-0.3, -0.25) is 9.59 Å². The third-order valence-corrected chi connectivity index (χ3v) is 3.84. The summed E-state index contributed by atoms with van der Waals surface area (Å²) in [6, 6.07) is 5.60. The predicted octanol–water partition coefficient (Wildman–Crippen LogP) is 5.33. The van der Waals surface area contributed by atoms with Crippen molar-refractivity contribution in [2.45, 2.75) is 0 Å². The zero-order chi connectivity index (χ0) is 17.6. The molecule has 0 unspecified atom stereocenters. The zero-order valence-electron chi connectivity index (χ0n) is 11.6. The first kappa shape index (κ1) is 19.6. The van der Waals surface area contributed by atoms with Gasteiger partial charge in [0.2, 0.25) is 0 Å². The number of aldehydes is 2. The fraction of sp³-hybridized carbons (Fsp3) is 0.0667. The van der Waals surface area contributed by atoms with Crippen LogP contribution in [0, 0.1) is 0 Å². The van der Waals surface area contributed by atoms with Gasteiger partial charge in [0.15, 0.2) is 12.6 Å². The molecule has 0 bridgehead atoms. The van der Waals surface area contributed by atoms with Crippen molar-refractivity contribution in [3.8, 4) is 11.5 Å². The molecule has 4 nitrogen and oxygen atoms in total. The lowest BCUT2D eigenvalue weighted by molar-refractivity contribution is 0.111. The van der Waals surface area contributed by atoms with Gasteiger partial charge in [-0.2, -0.15) is 0 Å². The van der Waals surface area contributed by atoms with Gasteiger partial charge < -0.3 is 9.84 Å². The first-order chi connectivity index (χ1) is 10.8. The maximum Gasteiger partial charge on any atom is 0.153 e. The lowest BCUT2D eigenvalue weighted by Gasteiger charge is -2.03. The molecule has 23 heavy (non-hydrogen) atoms. The molecule has 0 aliphatic heterocycles. The van der Waals surface area contributed by atoms with Gasteiger partial charge in [0, 0.05) is 0 Å². The van der Waals surface area contributed by atoms with Crippen molar-refractivity contribution in [3.05, 3.63) is 55.5 Å². The van der Waals surface area contributed by atoms with Crippen LogP contribution in [0.1, 0.15) is 20.7 Å². The van der Waals surface area contributed by atoms with Crippen molar-refractivity contribution in [1.82, 2.24) is 0 Å². The Balaban J connectivity index is 0.000000231. The first-order valence-corrected chi connectivity index (χ1v) is 7.46. The van der Waals surface area contributed by atoms with Crippen molar-refractivity contribution < 1.29 is 19.4 Å². The molecule has 2 aromatic rings. The largest absolute Gasteiger partial charge is 0.508 e. The molecular weight excluding hydrogens is 386 g/mol. The van der Waals surface area contributed by atoms with Crippen LogP contribution in [-0.2, 0) is 0 Å². The van der Waals surface area contributed by atoms with E-state index in [4.69, 9.17) is 56.2 Å².